The quantitative estimate of drug-likeness (QED) is 0.912. The lowest BCUT2D eigenvalue weighted by molar-refractivity contribution is -0.122. The van der Waals surface area contributed by atoms with Crippen molar-refractivity contribution in [1.29, 1.82) is 0 Å². The molecular weight excluding hydrogens is 276 g/mol. The highest BCUT2D eigenvalue weighted by molar-refractivity contribution is 5.86. The first kappa shape index (κ1) is 15.1. The van der Waals surface area contributed by atoms with E-state index < -0.39 is 0 Å². The molecule has 0 bridgehead atoms. The number of amides is 1. The molecule has 4 heteroatoms. The Kier molecular flexibility index (Phi) is 4.48. The van der Waals surface area contributed by atoms with Crippen molar-refractivity contribution < 1.29 is 9.90 Å². The van der Waals surface area contributed by atoms with Gasteiger partial charge in [-0.2, -0.15) is 0 Å². The lowest BCUT2D eigenvalue weighted by Crippen LogP contribution is -2.39. The van der Waals surface area contributed by atoms with E-state index in [9.17, 15) is 4.79 Å². The number of benzene rings is 1. The van der Waals surface area contributed by atoms with Gasteiger partial charge in [-0.1, -0.05) is 18.2 Å². The largest absolute Gasteiger partial charge is 0.396 e. The molecule has 2 N–H and O–H groups in total. The lowest BCUT2D eigenvalue weighted by Gasteiger charge is -2.28. The number of carbonyl (C=O) groups excluding carboxylic acids is 1. The fourth-order valence-corrected chi connectivity index (χ4v) is 3.48. The van der Waals surface area contributed by atoms with Gasteiger partial charge in [0.2, 0.25) is 5.91 Å². The SMILES string of the molecule is Cc1cn(CC(=O)NC2CCC(CO)CC2)c2ccccc12. The van der Waals surface area contributed by atoms with E-state index in [2.05, 4.69) is 24.4 Å². The Morgan fingerprint density at radius 2 is 2.00 bits per heavy atom. The van der Waals surface area contributed by atoms with Crippen LogP contribution in [0.15, 0.2) is 30.5 Å². The molecule has 118 valence electrons. The van der Waals surface area contributed by atoms with Crippen LogP contribution in [-0.2, 0) is 11.3 Å². The van der Waals surface area contributed by atoms with Crippen LogP contribution in [0.2, 0.25) is 0 Å². The molecule has 1 fully saturated rings. The third kappa shape index (κ3) is 3.17. The molecule has 0 radical (unpaired) electrons. The number of hydrogen-bond donors (Lipinski definition) is 2. The molecule has 1 heterocycles. The zero-order valence-electron chi connectivity index (χ0n) is 13.1. The Morgan fingerprint density at radius 1 is 1.27 bits per heavy atom. The summed E-state index contributed by atoms with van der Waals surface area (Å²) in [6.45, 7) is 2.72. The second-order valence-corrected chi connectivity index (χ2v) is 6.42. The first-order chi connectivity index (χ1) is 10.7. The summed E-state index contributed by atoms with van der Waals surface area (Å²) < 4.78 is 2.03. The van der Waals surface area contributed by atoms with Crippen LogP contribution >= 0.6 is 0 Å². The minimum Gasteiger partial charge on any atom is -0.396 e. The van der Waals surface area contributed by atoms with E-state index in [1.54, 1.807) is 0 Å². The Labute approximate surface area is 131 Å². The van der Waals surface area contributed by atoms with Crippen LogP contribution in [0.5, 0.6) is 0 Å². The van der Waals surface area contributed by atoms with Crippen molar-refractivity contribution in [2.75, 3.05) is 6.61 Å². The molecular formula is C18H24N2O2. The summed E-state index contributed by atoms with van der Waals surface area (Å²) in [5.41, 5.74) is 2.31. The smallest absolute Gasteiger partial charge is 0.240 e. The van der Waals surface area contributed by atoms with Crippen molar-refractivity contribution in [1.82, 2.24) is 9.88 Å². The minimum atomic E-state index is 0.0770. The molecule has 0 atom stereocenters. The number of fused-ring (bicyclic) bond motifs is 1. The van der Waals surface area contributed by atoms with Crippen LogP contribution in [0.3, 0.4) is 0 Å². The summed E-state index contributed by atoms with van der Waals surface area (Å²) in [5, 5.41) is 13.5. The summed E-state index contributed by atoms with van der Waals surface area (Å²) in [6.07, 6.45) is 6.01. The molecule has 1 aliphatic carbocycles. The van der Waals surface area contributed by atoms with Gasteiger partial charge in [0.25, 0.3) is 0 Å². The maximum Gasteiger partial charge on any atom is 0.240 e. The van der Waals surface area contributed by atoms with Crippen LogP contribution in [-0.4, -0.2) is 28.2 Å². The molecule has 1 amide bonds. The summed E-state index contributed by atoms with van der Waals surface area (Å²) in [4.78, 5) is 12.3. The summed E-state index contributed by atoms with van der Waals surface area (Å²) in [6, 6.07) is 8.45. The van der Waals surface area contributed by atoms with E-state index in [1.807, 2.05) is 22.9 Å². The molecule has 1 saturated carbocycles. The average Bonchev–Trinajstić information content (AvgIpc) is 2.85. The number of aliphatic hydroxyl groups excluding tert-OH is 1. The van der Waals surface area contributed by atoms with E-state index in [0.29, 0.717) is 12.5 Å². The topological polar surface area (TPSA) is 54.3 Å². The number of para-hydroxylation sites is 1. The highest BCUT2D eigenvalue weighted by atomic mass is 16.3. The van der Waals surface area contributed by atoms with Crippen molar-refractivity contribution in [3.8, 4) is 0 Å². The molecule has 0 unspecified atom stereocenters. The predicted octanol–water partition coefficient (Wildman–Crippen LogP) is 2.62. The molecule has 0 saturated heterocycles. The summed E-state index contributed by atoms with van der Waals surface area (Å²) in [5.74, 6) is 0.498. The molecule has 2 aromatic rings. The fraction of sp³-hybridized carbons (Fsp3) is 0.500. The van der Waals surface area contributed by atoms with Gasteiger partial charge in [0.05, 0.1) is 0 Å². The van der Waals surface area contributed by atoms with Crippen molar-refractivity contribution in [2.24, 2.45) is 5.92 Å². The number of aliphatic hydroxyl groups is 1. The van der Waals surface area contributed by atoms with Gasteiger partial charge in [-0.3, -0.25) is 4.79 Å². The van der Waals surface area contributed by atoms with Crippen LogP contribution in [0.4, 0.5) is 0 Å². The first-order valence-electron chi connectivity index (χ1n) is 8.12. The van der Waals surface area contributed by atoms with Crippen molar-refractivity contribution >= 4 is 16.8 Å². The normalized spacial score (nSPS) is 21.9. The Balaban J connectivity index is 1.62. The van der Waals surface area contributed by atoms with Gasteiger partial charge in [0.1, 0.15) is 6.54 Å². The van der Waals surface area contributed by atoms with Gasteiger partial charge >= 0.3 is 0 Å². The number of rotatable bonds is 4. The van der Waals surface area contributed by atoms with E-state index in [-0.39, 0.29) is 18.6 Å². The fourth-order valence-electron chi connectivity index (χ4n) is 3.48. The molecule has 0 aliphatic heterocycles. The summed E-state index contributed by atoms with van der Waals surface area (Å²) >= 11 is 0. The van der Waals surface area contributed by atoms with Crippen LogP contribution in [0.25, 0.3) is 10.9 Å². The minimum absolute atomic E-state index is 0.0770. The second-order valence-electron chi connectivity index (χ2n) is 6.42. The van der Waals surface area contributed by atoms with Gasteiger partial charge in [0, 0.05) is 29.7 Å². The number of carbonyl (C=O) groups is 1. The Morgan fingerprint density at radius 3 is 2.73 bits per heavy atom. The number of aromatic nitrogens is 1. The van der Waals surface area contributed by atoms with Crippen molar-refractivity contribution in [3.05, 3.63) is 36.0 Å². The maximum absolute atomic E-state index is 12.3. The number of nitrogens with one attached hydrogen (secondary N) is 1. The predicted molar refractivity (Wildman–Crippen MR) is 87.6 cm³/mol. The van der Waals surface area contributed by atoms with E-state index in [1.165, 1.54) is 10.9 Å². The zero-order chi connectivity index (χ0) is 15.5. The van der Waals surface area contributed by atoms with Gasteiger partial charge in [0.15, 0.2) is 0 Å². The van der Waals surface area contributed by atoms with Gasteiger partial charge < -0.3 is 15.0 Å². The molecule has 0 spiro atoms. The lowest BCUT2D eigenvalue weighted by atomic mass is 9.86. The standard InChI is InChI=1S/C18H24N2O2/c1-13-10-20(17-5-3-2-4-16(13)17)11-18(22)19-15-8-6-14(12-21)7-9-15/h2-5,10,14-15,21H,6-9,11-12H2,1H3,(H,19,22). The van der Waals surface area contributed by atoms with Crippen LogP contribution < -0.4 is 5.32 Å². The van der Waals surface area contributed by atoms with Crippen LogP contribution in [0, 0.1) is 12.8 Å². The zero-order valence-corrected chi connectivity index (χ0v) is 13.1. The van der Waals surface area contributed by atoms with E-state index in [4.69, 9.17) is 5.11 Å². The molecule has 1 aromatic heterocycles. The monoisotopic (exact) mass is 300 g/mol. The molecule has 3 rings (SSSR count). The van der Waals surface area contributed by atoms with Crippen LogP contribution in [0.1, 0.15) is 31.2 Å². The third-order valence-electron chi connectivity index (χ3n) is 4.77. The number of nitrogens with zero attached hydrogens (tertiary/aromatic N) is 1. The Hall–Kier alpha value is -1.81. The first-order valence-corrected chi connectivity index (χ1v) is 8.12. The van der Waals surface area contributed by atoms with Crippen molar-refractivity contribution in [3.63, 3.8) is 0 Å². The maximum atomic E-state index is 12.3. The number of aryl methyl sites for hydroxylation is 1. The molecule has 4 nitrogen and oxygen atoms in total. The molecule has 22 heavy (non-hydrogen) atoms. The van der Waals surface area contributed by atoms with Gasteiger partial charge in [-0.05, 0) is 50.2 Å². The molecule has 1 aliphatic rings. The highest BCUT2D eigenvalue weighted by Gasteiger charge is 2.22. The Bertz CT molecular complexity index is 654. The summed E-state index contributed by atoms with van der Waals surface area (Å²) in [7, 11) is 0. The van der Waals surface area contributed by atoms with E-state index in [0.717, 1.165) is 31.2 Å². The number of hydrogen-bond acceptors (Lipinski definition) is 2. The second kappa shape index (κ2) is 6.53. The average molecular weight is 300 g/mol. The van der Waals surface area contributed by atoms with Gasteiger partial charge in [-0.25, -0.2) is 0 Å². The van der Waals surface area contributed by atoms with E-state index >= 15 is 0 Å². The third-order valence-corrected chi connectivity index (χ3v) is 4.77. The molecule has 1 aromatic carbocycles. The van der Waals surface area contributed by atoms with Crippen molar-refractivity contribution in [2.45, 2.75) is 45.2 Å². The van der Waals surface area contributed by atoms with Gasteiger partial charge in [-0.15, -0.1) is 0 Å². The highest BCUT2D eigenvalue weighted by Crippen LogP contribution is 2.24.